The van der Waals surface area contributed by atoms with Gasteiger partial charge in [0.05, 0.1) is 13.0 Å². The van der Waals surface area contributed by atoms with Crippen LogP contribution in [0.1, 0.15) is 31.4 Å². The molecule has 0 radical (unpaired) electrons. The number of benzene rings is 1. The van der Waals surface area contributed by atoms with Gasteiger partial charge in [-0.25, -0.2) is 4.79 Å². The molecule has 1 aromatic rings. The molecule has 1 unspecified atom stereocenters. The lowest BCUT2D eigenvalue weighted by Crippen LogP contribution is -2.42. The molecule has 5 heteroatoms. The Hall–Kier alpha value is -2.04. The molecule has 0 saturated carbocycles. The number of carboxylic acid groups (broad SMARTS) is 1. The molecular formula is C16H21NO4. The fraction of sp³-hybridized carbons (Fsp3) is 0.500. The molecule has 1 aliphatic heterocycles. The Balaban J connectivity index is 1.96. The van der Waals surface area contributed by atoms with Gasteiger partial charge in [-0.1, -0.05) is 26.0 Å². The van der Waals surface area contributed by atoms with E-state index in [2.05, 4.69) is 5.32 Å². The maximum absolute atomic E-state index is 12.0. The van der Waals surface area contributed by atoms with Crippen molar-refractivity contribution in [1.29, 1.82) is 0 Å². The van der Waals surface area contributed by atoms with Gasteiger partial charge < -0.3 is 15.2 Å². The van der Waals surface area contributed by atoms with Gasteiger partial charge in [0, 0.05) is 6.42 Å². The maximum atomic E-state index is 12.0. The van der Waals surface area contributed by atoms with Crippen molar-refractivity contribution in [3.63, 3.8) is 0 Å². The Labute approximate surface area is 124 Å². The standard InChI is InChI=1S/C16H21NO4/c1-10(2)7-13(16(19)20)17-15(18)9-11-3-4-14-12(8-11)5-6-21-14/h3-4,8,10,13H,5-7,9H2,1-2H3,(H,17,18)(H,19,20). The first-order valence-electron chi connectivity index (χ1n) is 7.22. The van der Waals surface area contributed by atoms with Crippen molar-refractivity contribution < 1.29 is 19.4 Å². The van der Waals surface area contributed by atoms with Crippen molar-refractivity contribution in [1.82, 2.24) is 5.32 Å². The normalized spacial score (nSPS) is 14.4. The number of fused-ring (bicyclic) bond motifs is 1. The van der Waals surface area contributed by atoms with Crippen LogP contribution in [-0.4, -0.2) is 29.6 Å². The molecule has 2 N–H and O–H groups in total. The summed E-state index contributed by atoms with van der Waals surface area (Å²) in [5.41, 5.74) is 1.99. The summed E-state index contributed by atoms with van der Waals surface area (Å²) in [6.45, 7) is 4.55. The van der Waals surface area contributed by atoms with E-state index >= 15 is 0 Å². The van der Waals surface area contributed by atoms with E-state index in [-0.39, 0.29) is 18.2 Å². The van der Waals surface area contributed by atoms with E-state index in [0.29, 0.717) is 13.0 Å². The molecule has 0 bridgehead atoms. The maximum Gasteiger partial charge on any atom is 0.326 e. The molecule has 1 aliphatic rings. The summed E-state index contributed by atoms with van der Waals surface area (Å²) < 4.78 is 5.42. The topological polar surface area (TPSA) is 75.6 Å². The van der Waals surface area contributed by atoms with Crippen molar-refractivity contribution in [3.05, 3.63) is 29.3 Å². The third kappa shape index (κ3) is 4.21. The van der Waals surface area contributed by atoms with Crippen LogP contribution in [0.3, 0.4) is 0 Å². The predicted octanol–water partition coefficient (Wildman–Crippen LogP) is 1.78. The van der Waals surface area contributed by atoms with Gasteiger partial charge in [0.1, 0.15) is 11.8 Å². The van der Waals surface area contributed by atoms with Crippen molar-refractivity contribution >= 4 is 11.9 Å². The van der Waals surface area contributed by atoms with Crippen molar-refractivity contribution in [2.75, 3.05) is 6.61 Å². The van der Waals surface area contributed by atoms with Crippen LogP contribution in [0.25, 0.3) is 0 Å². The van der Waals surface area contributed by atoms with Crippen LogP contribution in [0, 0.1) is 5.92 Å². The summed E-state index contributed by atoms with van der Waals surface area (Å²) in [6.07, 6.45) is 1.48. The minimum atomic E-state index is -0.987. The average Bonchev–Trinajstić information content (AvgIpc) is 2.84. The van der Waals surface area contributed by atoms with Crippen LogP contribution in [0.4, 0.5) is 0 Å². The van der Waals surface area contributed by atoms with Gasteiger partial charge in [-0.15, -0.1) is 0 Å². The molecule has 0 saturated heterocycles. The number of rotatable bonds is 6. The summed E-state index contributed by atoms with van der Waals surface area (Å²) in [5, 5.41) is 11.7. The molecule has 2 rings (SSSR count). The van der Waals surface area contributed by atoms with Gasteiger partial charge in [0.15, 0.2) is 0 Å². The zero-order valence-electron chi connectivity index (χ0n) is 12.4. The highest BCUT2D eigenvalue weighted by atomic mass is 16.5. The third-order valence-corrected chi connectivity index (χ3v) is 3.46. The summed E-state index contributed by atoms with van der Waals surface area (Å²) in [5.74, 6) is -0.160. The quantitative estimate of drug-likeness (QED) is 0.837. The smallest absolute Gasteiger partial charge is 0.326 e. The summed E-state index contributed by atoms with van der Waals surface area (Å²) in [4.78, 5) is 23.1. The van der Waals surface area contributed by atoms with Crippen molar-refractivity contribution in [3.8, 4) is 5.75 Å². The second kappa shape index (κ2) is 6.61. The molecular weight excluding hydrogens is 270 g/mol. The number of hydrogen-bond acceptors (Lipinski definition) is 3. The van der Waals surface area contributed by atoms with Crippen molar-refractivity contribution in [2.24, 2.45) is 5.92 Å². The van der Waals surface area contributed by atoms with E-state index in [9.17, 15) is 9.59 Å². The van der Waals surface area contributed by atoms with Crippen LogP contribution in [-0.2, 0) is 22.4 Å². The molecule has 1 aromatic carbocycles. The largest absolute Gasteiger partial charge is 0.493 e. The van der Waals surface area contributed by atoms with Crippen LogP contribution >= 0.6 is 0 Å². The monoisotopic (exact) mass is 291 g/mol. The number of carbonyl (C=O) groups excluding carboxylic acids is 1. The molecule has 21 heavy (non-hydrogen) atoms. The first-order valence-corrected chi connectivity index (χ1v) is 7.22. The number of carboxylic acids is 1. The van der Waals surface area contributed by atoms with E-state index in [4.69, 9.17) is 9.84 Å². The molecule has 1 atom stereocenters. The fourth-order valence-corrected chi connectivity index (χ4v) is 2.47. The van der Waals surface area contributed by atoms with Crippen LogP contribution in [0.2, 0.25) is 0 Å². The minimum Gasteiger partial charge on any atom is -0.493 e. The van der Waals surface area contributed by atoms with Gasteiger partial charge in [0.2, 0.25) is 5.91 Å². The first kappa shape index (κ1) is 15.4. The highest BCUT2D eigenvalue weighted by Crippen LogP contribution is 2.25. The highest BCUT2D eigenvalue weighted by molar-refractivity contribution is 5.84. The number of carbonyl (C=O) groups is 2. The van der Waals surface area contributed by atoms with Gasteiger partial charge in [-0.05, 0) is 29.5 Å². The molecule has 0 spiro atoms. The molecule has 0 aromatic heterocycles. The molecule has 0 fully saturated rings. The van der Waals surface area contributed by atoms with E-state index < -0.39 is 12.0 Å². The number of ether oxygens (including phenoxy) is 1. The third-order valence-electron chi connectivity index (χ3n) is 3.46. The Morgan fingerprint density at radius 3 is 2.81 bits per heavy atom. The molecule has 1 amide bonds. The first-order chi connectivity index (χ1) is 9.95. The Morgan fingerprint density at radius 1 is 1.38 bits per heavy atom. The Morgan fingerprint density at radius 2 is 2.14 bits per heavy atom. The number of hydrogen-bond donors (Lipinski definition) is 2. The lowest BCUT2D eigenvalue weighted by atomic mass is 10.0. The summed E-state index contributed by atoms with van der Waals surface area (Å²) in [6, 6.07) is 4.85. The number of aliphatic carboxylic acids is 1. The second-order valence-corrected chi connectivity index (χ2v) is 5.81. The SMILES string of the molecule is CC(C)CC(NC(=O)Cc1ccc2c(c1)CCO2)C(=O)O. The zero-order chi connectivity index (χ0) is 15.4. The fourth-order valence-electron chi connectivity index (χ4n) is 2.47. The van der Waals surface area contributed by atoms with Gasteiger partial charge in [-0.3, -0.25) is 4.79 Å². The van der Waals surface area contributed by atoms with Gasteiger partial charge >= 0.3 is 5.97 Å². The average molecular weight is 291 g/mol. The molecule has 5 nitrogen and oxygen atoms in total. The van der Waals surface area contributed by atoms with Gasteiger partial charge in [-0.2, -0.15) is 0 Å². The zero-order valence-corrected chi connectivity index (χ0v) is 12.4. The van der Waals surface area contributed by atoms with E-state index in [1.54, 1.807) is 0 Å². The molecule has 114 valence electrons. The van der Waals surface area contributed by atoms with Crippen LogP contribution < -0.4 is 10.1 Å². The number of amides is 1. The summed E-state index contributed by atoms with van der Waals surface area (Å²) in [7, 11) is 0. The lowest BCUT2D eigenvalue weighted by Gasteiger charge is -2.16. The Kier molecular flexibility index (Phi) is 4.83. The van der Waals surface area contributed by atoms with Crippen LogP contribution in [0.15, 0.2) is 18.2 Å². The molecule has 0 aliphatic carbocycles. The highest BCUT2D eigenvalue weighted by Gasteiger charge is 2.21. The minimum absolute atomic E-state index is 0.190. The predicted molar refractivity (Wildman–Crippen MR) is 78.4 cm³/mol. The van der Waals surface area contributed by atoms with Crippen molar-refractivity contribution in [2.45, 2.75) is 39.2 Å². The Bertz CT molecular complexity index is 539. The van der Waals surface area contributed by atoms with Gasteiger partial charge in [0.25, 0.3) is 0 Å². The van der Waals surface area contributed by atoms with E-state index in [1.165, 1.54) is 0 Å². The molecule has 1 heterocycles. The van der Waals surface area contributed by atoms with E-state index in [1.807, 2.05) is 32.0 Å². The lowest BCUT2D eigenvalue weighted by molar-refractivity contribution is -0.142. The second-order valence-electron chi connectivity index (χ2n) is 5.81. The van der Waals surface area contributed by atoms with E-state index in [0.717, 1.165) is 23.3 Å². The number of nitrogens with one attached hydrogen (secondary N) is 1. The van der Waals surface area contributed by atoms with Crippen LogP contribution in [0.5, 0.6) is 5.75 Å². The summed E-state index contributed by atoms with van der Waals surface area (Å²) >= 11 is 0.